The Labute approximate surface area is 150 Å². The number of thiocarbonyl (C=S) groups is 1. The molecule has 0 radical (unpaired) electrons. The molecule has 0 heterocycles. The van der Waals surface area contributed by atoms with Crippen molar-refractivity contribution < 1.29 is 14.5 Å². The van der Waals surface area contributed by atoms with E-state index >= 15 is 0 Å². The number of nitro groups is 1. The number of nitrogens with zero attached hydrogens (tertiary/aromatic N) is 1. The van der Waals surface area contributed by atoms with Gasteiger partial charge in [0, 0.05) is 12.1 Å². The zero-order valence-corrected chi connectivity index (χ0v) is 14.4. The first-order valence-electron chi connectivity index (χ1n) is 8.24. The molecule has 0 aliphatic heterocycles. The molecule has 3 atom stereocenters. The van der Waals surface area contributed by atoms with E-state index in [2.05, 4.69) is 16.2 Å². The highest BCUT2D eigenvalue weighted by molar-refractivity contribution is 7.80. The predicted molar refractivity (Wildman–Crippen MR) is 94.8 cm³/mol. The lowest BCUT2D eigenvalue weighted by molar-refractivity contribution is -0.385. The maximum atomic E-state index is 11.8. The quantitative estimate of drug-likeness (QED) is 0.414. The van der Waals surface area contributed by atoms with E-state index in [0.29, 0.717) is 17.1 Å². The van der Waals surface area contributed by atoms with Crippen molar-refractivity contribution >= 4 is 28.9 Å². The minimum Gasteiger partial charge on any atom is -0.477 e. The van der Waals surface area contributed by atoms with Gasteiger partial charge in [-0.05, 0) is 49.4 Å². The number of hydrogen-bond acceptors (Lipinski definition) is 5. The van der Waals surface area contributed by atoms with Crippen LogP contribution in [0.3, 0.4) is 0 Å². The zero-order valence-electron chi connectivity index (χ0n) is 13.6. The molecule has 8 nitrogen and oxygen atoms in total. The summed E-state index contributed by atoms with van der Waals surface area (Å²) in [4.78, 5) is 22.1. The minimum absolute atomic E-state index is 0.0466. The molecular formula is C16H20N4O4S. The average Bonchev–Trinajstić information content (AvgIpc) is 3.21. The molecule has 1 aromatic carbocycles. The van der Waals surface area contributed by atoms with Gasteiger partial charge in [0.25, 0.3) is 5.91 Å². The summed E-state index contributed by atoms with van der Waals surface area (Å²) >= 11 is 5.19. The Morgan fingerprint density at radius 1 is 1.28 bits per heavy atom. The van der Waals surface area contributed by atoms with Gasteiger partial charge in [0.05, 0.1) is 4.92 Å². The number of carbonyl (C=O) groups is 1. The number of fused-ring (bicyclic) bond motifs is 2. The molecule has 0 saturated heterocycles. The highest BCUT2D eigenvalue weighted by Crippen LogP contribution is 2.44. The number of hydrazine groups is 1. The van der Waals surface area contributed by atoms with Crippen molar-refractivity contribution in [1.29, 1.82) is 0 Å². The van der Waals surface area contributed by atoms with E-state index < -0.39 is 10.8 Å². The first-order chi connectivity index (χ1) is 12.0. The number of hydrogen-bond donors (Lipinski definition) is 3. The van der Waals surface area contributed by atoms with Crippen molar-refractivity contribution in [3.8, 4) is 5.75 Å². The Hall–Kier alpha value is -2.42. The molecule has 25 heavy (non-hydrogen) atoms. The lowest BCUT2D eigenvalue weighted by Gasteiger charge is -2.24. The molecule has 1 aromatic rings. The van der Waals surface area contributed by atoms with Crippen LogP contribution >= 0.6 is 12.2 Å². The van der Waals surface area contributed by atoms with Crippen LogP contribution < -0.4 is 20.9 Å². The van der Waals surface area contributed by atoms with E-state index in [4.69, 9.17) is 17.0 Å². The number of ether oxygens (including phenoxy) is 1. The Morgan fingerprint density at radius 3 is 2.76 bits per heavy atom. The fourth-order valence-corrected chi connectivity index (χ4v) is 3.86. The fourth-order valence-electron chi connectivity index (χ4n) is 3.66. The molecule has 2 saturated carbocycles. The van der Waals surface area contributed by atoms with Gasteiger partial charge < -0.3 is 10.1 Å². The standard InChI is InChI=1S/C16H20N4O4S/c21-15(9-24-14-4-2-1-3-13(14)20(22)23)18-19-16(25)17-12-8-10-5-6-11(12)7-10/h1-4,10-12H,5-9H2,(H,18,21)(H2,17,19,25)/t10-,11-,12-/m0/s1. The van der Waals surface area contributed by atoms with Crippen molar-refractivity contribution in [2.75, 3.05) is 6.61 Å². The lowest BCUT2D eigenvalue weighted by Crippen LogP contribution is -2.51. The summed E-state index contributed by atoms with van der Waals surface area (Å²) in [6.07, 6.45) is 4.93. The maximum Gasteiger partial charge on any atom is 0.310 e. The van der Waals surface area contributed by atoms with Gasteiger partial charge in [0.1, 0.15) is 0 Å². The molecule has 0 aromatic heterocycles. The number of para-hydroxylation sites is 2. The molecule has 0 unspecified atom stereocenters. The van der Waals surface area contributed by atoms with E-state index in [1.54, 1.807) is 6.07 Å². The molecule has 2 aliphatic carbocycles. The number of nitro benzene ring substituents is 1. The summed E-state index contributed by atoms with van der Waals surface area (Å²) in [7, 11) is 0. The normalized spacial score (nSPS) is 23.8. The third-order valence-electron chi connectivity index (χ3n) is 4.79. The number of nitrogens with one attached hydrogen (secondary N) is 3. The average molecular weight is 364 g/mol. The first-order valence-corrected chi connectivity index (χ1v) is 8.65. The maximum absolute atomic E-state index is 11.8. The molecule has 2 bridgehead atoms. The summed E-state index contributed by atoms with van der Waals surface area (Å²) in [5, 5.41) is 14.5. The van der Waals surface area contributed by atoms with Crippen LogP contribution in [0, 0.1) is 22.0 Å². The molecule has 0 spiro atoms. The largest absolute Gasteiger partial charge is 0.477 e. The number of amides is 1. The van der Waals surface area contributed by atoms with Crippen molar-refractivity contribution in [2.24, 2.45) is 11.8 Å². The summed E-state index contributed by atoms with van der Waals surface area (Å²) in [6, 6.07) is 6.28. The minimum atomic E-state index is -0.556. The highest BCUT2D eigenvalue weighted by atomic mass is 32.1. The van der Waals surface area contributed by atoms with Crippen molar-refractivity contribution in [3.05, 3.63) is 34.4 Å². The Balaban J connectivity index is 1.39. The van der Waals surface area contributed by atoms with Gasteiger partial charge in [-0.15, -0.1) is 0 Å². The van der Waals surface area contributed by atoms with E-state index in [9.17, 15) is 14.9 Å². The Kier molecular flexibility index (Phi) is 5.32. The van der Waals surface area contributed by atoms with Crippen molar-refractivity contribution in [2.45, 2.75) is 31.7 Å². The van der Waals surface area contributed by atoms with Gasteiger partial charge in [0.15, 0.2) is 17.5 Å². The predicted octanol–water partition coefficient (Wildman–Crippen LogP) is 1.66. The molecule has 2 fully saturated rings. The van der Waals surface area contributed by atoms with E-state index in [1.807, 2.05) is 0 Å². The third kappa shape index (κ3) is 4.36. The van der Waals surface area contributed by atoms with Crippen LogP contribution in [-0.2, 0) is 4.79 Å². The summed E-state index contributed by atoms with van der Waals surface area (Å²) in [6.45, 7) is -0.353. The summed E-state index contributed by atoms with van der Waals surface area (Å²) in [5.41, 5.74) is 4.90. The topological polar surface area (TPSA) is 106 Å². The van der Waals surface area contributed by atoms with E-state index in [0.717, 1.165) is 12.3 Å². The fraction of sp³-hybridized carbons (Fsp3) is 0.500. The van der Waals surface area contributed by atoms with Crippen molar-refractivity contribution in [3.63, 3.8) is 0 Å². The van der Waals surface area contributed by atoms with Gasteiger partial charge >= 0.3 is 5.69 Å². The molecule has 9 heteroatoms. The molecule has 3 rings (SSSR count). The molecule has 134 valence electrons. The van der Waals surface area contributed by atoms with Crippen LogP contribution in [-0.4, -0.2) is 28.6 Å². The Morgan fingerprint density at radius 2 is 2.08 bits per heavy atom. The monoisotopic (exact) mass is 364 g/mol. The summed E-state index contributed by atoms with van der Waals surface area (Å²) < 4.78 is 5.21. The van der Waals surface area contributed by atoms with Gasteiger partial charge in [-0.25, -0.2) is 0 Å². The number of carbonyl (C=O) groups excluding carboxylic acids is 1. The molecular weight excluding hydrogens is 344 g/mol. The smallest absolute Gasteiger partial charge is 0.310 e. The van der Waals surface area contributed by atoms with Crippen LogP contribution in [0.4, 0.5) is 5.69 Å². The Bertz CT molecular complexity index is 684. The van der Waals surface area contributed by atoms with Crippen LogP contribution in [0.1, 0.15) is 25.7 Å². The second kappa shape index (κ2) is 7.64. The lowest BCUT2D eigenvalue weighted by atomic mass is 9.96. The molecule has 1 amide bonds. The van der Waals surface area contributed by atoms with Crippen LogP contribution in [0.25, 0.3) is 0 Å². The van der Waals surface area contributed by atoms with Crippen LogP contribution in [0.5, 0.6) is 5.75 Å². The van der Waals surface area contributed by atoms with Gasteiger partial charge in [-0.1, -0.05) is 18.6 Å². The van der Waals surface area contributed by atoms with Crippen LogP contribution in [0.15, 0.2) is 24.3 Å². The molecule has 3 N–H and O–H groups in total. The van der Waals surface area contributed by atoms with Gasteiger partial charge in [-0.2, -0.15) is 0 Å². The van der Waals surface area contributed by atoms with Gasteiger partial charge in [0.2, 0.25) is 0 Å². The number of rotatable bonds is 5. The second-order valence-electron chi connectivity index (χ2n) is 6.44. The second-order valence-corrected chi connectivity index (χ2v) is 6.85. The van der Waals surface area contributed by atoms with Gasteiger partial charge in [-0.3, -0.25) is 25.8 Å². The molecule has 2 aliphatic rings. The van der Waals surface area contributed by atoms with E-state index in [1.165, 1.54) is 37.5 Å². The number of benzene rings is 1. The van der Waals surface area contributed by atoms with E-state index in [-0.39, 0.29) is 18.0 Å². The zero-order chi connectivity index (χ0) is 17.8. The third-order valence-corrected chi connectivity index (χ3v) is 5.01. The SMILES string of the molecule is O=C(COc1ccccc1[N+](=O)[O-])NNC(=S)N[C@H]1C[C@H]2CC[C@H]1C2. The van der Waals surface area contributed by atoms with Crippen LogP contribution in [0.2, 0.25) is 0 Å². The van der Waals surface area contributed by atoms with Crippen molar-refractivity contribution in [1.82, 2.24) is 16.2 Å². The first kappa shape index (κ1) is 17.4. The summed E-state index contributed by atoms with van der Waals surface area (Å²) in [5.74, 6) is 1.04. The highest BCUT2D eigenvalue weighted by Gasteiger charge is 2.39.